The van der Waals surface area contributed by atoms with Crippen LogP contribution in [-0.4, -0.2) is 41.7 Å². The van der Waals surface area contributed by atoms with Crippen molar-refractivity contribution in [3.05, 3.63) is 24.0 Å². The van der Waals surface area contributed by atoms with Gasteiger partial charge in [-0.2, -0.15) is 0 Å². The first-order chi connectivity index (χ1) is 10.0. The summed E-state index contributed by atoms with van der Waals surface area (Å²) < 4.78 is 5.98. The second kappa shape index (κ2) is 7.76. The Hall–Kier alpha value is -1.13. The monoisotopic (exact) mass is 291 g/mol. The highest BCUT2D eigenvalue weighted by Gasteiger charge is 2.12. The molecule has 2 heterocycles. The first-order valence-corrected chi connectivity index (χ1v) is 8.08. The molecule has 2 rings (SSSR count). The van der Waals surface area contributed by atoms with Gasteiger partial charge in [-0.1, -0.05) is 6.42 Å². The summed E-state index contributed by atoms with van der Waals surface area (Å²) in [5.74, 6) is 0.957. The van der Waals surface area contributed by atoms with Gasteiger partial charge >= 0.3 is 0 Å². The Kier molecular flexibility index (Phi) is 6.00. The summed E-state index contributed by atoms with van der Waals surface area (Å²) in [6.45, 7) is 11.5. The van der Waals surface area contributed by atoms with Crippen molar-refractivity contribution in [1.29, 1.82) is 0 Å². The predicted octanol–water partition coefficient (Wildman–Crippen LogP) is 2.83. The number of nitrogens with one attached hydrogen (secondary N) is 1. The minimum atomic E-state index is 0.0981. The lowest BCUT2D eigenvalue weighted by molar-refractivity contribution is 0.182. The fraction of sp³-hybridized carbons (Fsp3) is 0.706. The zero-order valence-electron chi connectivity index (χ0n) is 13.7. The normalized spacial score (nSPS) is 16.9. The zero-order valence-corrected chi connectivity index (χ0v) is 13.7. The minimum Gasteiger partial charge on any atom is -0.492 e. The average Bonchev–Trinajstić information content (AvgIpc) is 2.46. The van der Waals surface area contributed by atoms with Gasteiger partial charge in [0.15, 0.2) is 0 Å². The summed E-state index contributed by atoms with van der Waals surface area (Å²) in [6.07, 6.45) is 7.74. The van der Waals surface area contributed by atoms with Crippen molar-refractivity contribution >= 4 is 0 Å². The molecule has 1 aromatic heterocycles. The zero-order chi connectivity index (χ0) is 15.1. The molecule has 0 radical (unpaired) electrons. The second-order valence-electron chi connectivity index (χ2n) is 6.84. The summed E-state index contributed by atoms with van der Waals surface area (Å²) in [5.41, 5.74) is 1.23. The molecule has 0 bridgehead atoms. The number of rotatable bonds is 6. The summed E-state index contributed by atoms with van der Waals surface area (Å²) >= 11 is 0. The molecule has 0 atom stereocenters. The summed E-state index contributed by atoms with van der Waals surface area (Å²) in [4.78, 5) is 6.71. The first-order valence-electron chi connectivity index (χ1n) is 8.08. The topological polar surface area (TPSA) is 37.4 Å². The number of nitrogens with zero attached hydrogens (tertiary/aromatic N) is 2. The maximum absolute atomic E-state index is 5.98. The minimum absolute atomic E-state index is 0.0981. The van der Waals surface area contributed by atoms with Gasteiger partial charge in [0.2, 0.25) is 0 Å². The molecule has 1 saturated heterocycles. The van der Waals surface area contributed by atoms with Gasteiger partial charge in [-0.25, -0.2) is 0 Å². The van der Waals surface area contributed by atoms with E-state index in [1.165, 1.54) is 32.4 Å². The van der Waals surface area contributed by atoms with Gasteiger partial charge in [0, 0.05) is 36.6 Å². The average molecular weight is 291 g/mol. The quantitative estimate of drug-likeness (QED) is 0.874. The molecular formula is C17H29N3O. The number of likely N-dealkylation sites (tertiary alicyclic amines) is 1. The molecular weight excluding hydrogens is 262 g/mol. The highest BCUT2D eigenvalue weighted by molar-refractivity contribution is 5.30. The number of hydrogen-bond donors (Lipinski definition) is 1. The SMILES string of the molecule is CC(C)(C)NCc1cnccc1OCCN1CCCCC1. The fourth-order valence-electron chi connectivity index (χ4n) is 2.52. The standard InChI is InChI=1S/C17H29N3O/c1-17(2,3)19-14-15-13-18-8-7-16(15)21-12-11-20-9-5-4-6-10-20/h7-8,13,19H,4-6,9-12,14H2,1-3H3. The third-order valence-corrected chi connectivity index (χ3v) is 3.78. The molecule has 1 aliphatic rings. The van der Waals surface area contributed by atoms with Gasteiger partial charge < -0.3 is 10.1 Å². The lowest BCUT2D eigenvalue weighted by atomic mass is 10.1. The van der Waals surface area contributed by atoms with E-state index in [0.717, 1.165) is 31.0 Å². The van der Waals surface area contributed by atoms with Crippen molar-refractivity contribution in [2.24, 2.45) is 0 Å². The Balaban J connectivity index is 1.81. The summed E-state index contributed by atoms with van der Waals surface area (Å²) in [6, 6.07) is 1.97. The van der Waals surface area contributed by atoms with Crippen molar-refractivity contribution in [3.8, 4) is 5.75 Å². The van der Waals surface area contributed by atoms with Crippen molar-refractivity contribution in [2.75, 3.05) is 26.2 Å². The lowest BCUT2D eigenvalue weighted by Crippen LogP contribution is -2.35. The van der Waals surface area contributed by atoms with Crippen LogP contribution in [0.1, 0.15) is 45.6 Å². The second-order valence-corrected chi connectivity index (χ2v) is 6.84. The molecule has 1 fully saturated rings. The maximum Gasteiger partial charge on any atom is 0.126 e. The van der Waals surface area contributed by atoms with Gasteiger partial charge in [-0.3, -0.25) is 9.88 Å². The molecule has 118 valence electrons. The molecule has 1 N–H and O–H groups in total. The van der Waals surface area contributed by atoms with Crippen LogP contribution in [0.25, 0.3) is 0 Å². The van der Waals surface area contributed by atoms with Gasteiger partial charge in [-0.15, -0.1) is 0 Å². The molecule has 0 unspecified atom stereocenters. The molecule has 0 aromatic carbocycles. The number of hydrogen-bond acceptors (Lipinski definition) is 4. The van der Waals surface area contributed by atoms with Crippen LogP contribution in [0.5, 0.6) is 5.75 Å². The Morgan fingerprint density at radius 2 is 2.00 bits per heavy atom. The Labute approximate surface area is 128 Å². The van der Waals surface area contributed by atoms with Crippen LogP contribution in [0.2, 0.25) is 0 Å². The lowest BCUT2D eigenvalue weighted by Gasteiger charge is -2.26. The molecule has 4 nitrogen and oxygen atoms in total. The van der Waals surface area contributed by atoms with Crippen molar-refractivity contribution < 1.29 is 4.74 Å². The largest absolute Gasteiger partial charge is 0.492 e. The van der Waals surface area contributed by atoms with Crippen LogP contribution < -0.4 is 10.1 Å². The molecule has 4 heteroatoms. The number of piperidine rings is 1. The van der Waals surface area contributed by atoms with E-state index in [1.54, 1.807) is 6.20 Å². The maximum atomic E-state index is 5.98. The van der Waals surface area contributed by atoms with Gasteiger partial charge in [0.1, 0.15) is 12.4 Å². The fourth-order valence-corrected chi connectivity index (χ4v) is 2.52. The Bertz CT molecular complexity index is 422. The van der Waals surface area contributed by atoms with Crippen molar-refractivity contribution in [2.45, 2.75) is 52.1 Å². The van der Waals surface area contributed by atoms with Gasteiger partial charge in [-0.05, 0) is 52.8 Å². The molecule has 0 saturated carbocycles. The number of pyridine rings is 1. The van der Waals surface area contributed by atoms with Crippen molar-refractivity contribution in [1.82, 2.24) is 15.2 Å². The summed E-state index contributed by atoms with van der Waals surface area (Å²) in [7, 11) is 0. The molecule has 1 aromatic rings. The van der Waals surface area contributed by atoms with Crippen LogP contribution in [0.4, 0.5) is 0 Å². The molecule has 21 heavy (non-hydrogen) atoms. The van der Waals surface area contributed by atoms with Crippen LogP contribution >= 0.6 is 0 Å². The molecule has 0 spiro atoms. The third kappa shape index (κ3) is 6.02. The number of aromatic nitrogens is 1. The van der Waals surface area contributed by atoms with Crippen LogP contribution in [0, 0.1) is 0 Å². The van der Waals surface area contributed by atoms with E-state index in [4.69, 9.17) is 4.74 Å². The van der Waals surface area contributed by atoms with Crippen LogP contribution in [0.15, 0.2) is 18.5 Å². The van der Waals surface area contributed by atoms with E-state index in [1.807, 2.05) is 12.3 Å². The van der Waals surface area contributed by atoms with E-state index >= 15 is 0 Å². The Morgan fingerprint density at radius 3 is 2.71 bits per heavy atom. The first kappa shape index (κ1) is 16.2. The summed E-state index contributed by atoms with van der Waals surface area (Å²) in [5, 5.41) is 3.49. The van der Waals surface area contributed by atoms with Crippen LogP contribution in [-0.2, 0) is 6.54 Å². The van der Waals surface area contributed by atoms with Gasteiger partial charge in [0.05, 0.1) is 0 Å². The van der Waals surface area contributed by atoms with Gasteiger partial charge in [0.25, 0.3) is 0 Å². The Morgan fingerprint density at radius 1 is 1.24 bits per heavy atom. The highest BCUT2D eigenvalue weighted by atomic mass is 16.5. The number of ether oxygens (including phenoxy) is 1. The highest BCUT2D eigenvalue weighted by Crippen LogP contribution is 2.18. The third-order valence-electron chi connectivity index (χ3n) is 3.78. The van der Waals surface area contributed by atoms with Crippen molar-refractivity contribution in [3.63, 3.8) is 0 Å². The van der Waals surface area contributed by atoms with E-state index < -0.39 is 0 Å². The van der Waals surface area contributed by atoms with E-state index in [2.05, 4.69) is 36.0 Å². The van der Waals surface area contributed by atoms with E-state index in [0.29, 0.717) is 0 Å². The smallest absolute Gasteiger partial charge is 0.126 e. The molecule has 1 aliphatic heterocycles. The predicted molar refractivity (Wildman–Crippen MR) is 86.6 cm³/mol. The van der Waals surface area contributed by atoms with E-state index in [-0.39, 0.29) is 5.54 Å². The molecule has 0 aliphatic carbocycles. The molecule has 0 amide bonds. The van der Waals surface area contributed by atoms with Crippen LogP contribution in [0.3, 0.4) is 0 Å². The van der Waals surface area contributed by atoms with E-state index in [9.17, 15) is 0 Å².